The second-order valence-corrected chi connectivity index (χ2v) is 6.90. The first-order valence-electron chi connectivity index (χ1n) is 9.03. The number of rotatable bonds is 6. The summed E-state index contributed by atoms with van der Waals surface area (Å²) in [6, 6.07) is 11.3. The molecule has 0 fully saturated rings. The molecule has 1 aliphatic carbocycles. The lowest BCUT2D eigenvalue weighted by Crippen LogP contribution is -2.32. The van der Waals surface area contributed by atoms with Gasteiger partial charge in [0.05, 0.1) is 12.1 Å². The Labute approximate surface area is 159 Å². The third kappa shape index (κ3) is 4.31. The third-order valence-electron chi connectivity index (χ3n) is 4.68. The van der Waals surface area contributed by atoms with Gasteiger partial charge in [0.2, 0.25) is 0 Å². The summed E-state index contributed by atoms with van der Waals surface area (Å²) in [5.74, 6) is 1.13. The summed E-state index contributed by atoms with van der Waals surface area (Å²) in [5.41, 5.74) is 3.35. The highest BCUT2D eigenvalue weighted by molar-refractivity contribution is 6.32. The first kappa shape index (κ1) is 18.6. The molecule has 2 aromatic carbocycles. The minimum absolute atomic E-state index is 0.188. The number of methoxy groups -OCH3 is 1. The van der Waals surface area contributed by atoms with Crippen LogP contribution in [0.2, 0.25) is 5.02 Å². The Morgan fingerprint density at radius 1 is 1.15 bits per heavy atom. The van der Waals surface area contributed by atoms with Crippen molar-refractivity contribution >= 4 is 23.2 Å². The Kier molecular flexibility index (Phi) is 6.04. The van der Waals surface area contributed by atoms with Crippen molar-refractivity contribution in [2.45, 2.75) is 45.1 Å². The lowest BCUT2D eigenvalue weighted by molar-refractivity contribution is -0.122. The maximum atomic E-state index is 12.6. The van der Waals surface area contributed by atoms with Gasteiger partial charge in [-0.2, -0.15) is 0 Å². The van der Waals surface area contributed by atoms with E-state index < -0.39 is 6.10 Å². The van der Waals surface area contributed by atoms with E-state index in [1.165, 1.54) is 24.0 Å². The van der Waals surface area contributed by atoms with Crippen molar-refractivity contribution in [2.24, 2.45) is 0 Å². The molecule has 0 saturated heterocycles. The van der Waals surface area contributed by atoms with Crippen LogP contribution in [0.3, 0.4) is 0 Å². The number of aryl methyl sites for hydroxylation is 2. The fourth-order valence-electron chi connectivity index (χ4n) is 3.24. The highest BCUT2D eigenvalue weighted by Gasteiger charge is 2.20. The number of nitrogens with one attached hydrogen (secondary N) is 1. The van der Waals surface area contributed by atoms with Crippen LogP contribution in [0.25, 0.3) is 0 Å². The van der Waals surface area contributed by atoms with Crippen LogP contribution in [-0.2, 0) is 17.6 Å². The van der Waals surface area contributed by atoms with Gasteiger partial charge in [-0.25, -0.2) is 0 Å². The number of amides is 1. The molecule has 0 aromatic heterocycles. The number of carbonyl (C=O) groups excluding carboxylic acids is 1. The van der Waals surface area contributed by atoms with Crippen molar-refractivity contribution in [1.82, 2.24) is 0 Å². The molecular weight excluding hydrogens is 350 g/mol. The summed E-state index contributed by atoms with van der Waals surface area (Å²) in [5, 5.41) is 3.32. The zero-order valence-corrected chi connectivity index (χ0v) is 15.9. The van der Waals surface area contributed by atoms with Gasteiger partial charge < -0.3 is 14.8 Å². The lowest BCUT2D eigenvalue weighted by Gasteiger charge is -2.20. The Bertz CT molecular complexity index is 791. The highest BCUT2D eigenvalue weighted by Crippen LogP contribution is 2.28. The fraction of sp³-hybridized carbons (Fsp3) is 0.381. The average molecular weight is 374 g/mol. The molecule has 0 bridgehead atoms. The van der Waals surface area contributed by atoms with E-state index in [-0.39, 0.29) is 5.91 Å². The van der Waals surface area contributed by atoms with Crippen molar-refractivity contribution in [3.63, 3.8) is 0 Å². The minimum atomic E-state index is -0.558. The van der Waals surface area contributed by atoms with Crippen LogP contribution < -0.4 is 14.8 Å². The standard InChI is InChI=1S/C21H24ClNO3/c1-3-19(21(24)23-16-9-11-20(25-2)18(22)13-16)26-17-10-8-14-6-4-5-7-15(14)12-17/h8-13,19H,3-7H2,1-2H3,(H,23,24). The molecular formula is C21H24ClNO3. The number of hydrogen-bond acceptors (Lipinski definition) is 3. The molecule has 0 spiro atoms. The van der Waals surface area contributed by atoms with E-state index in [0.717, 1.165) is 18.6 Å². The number of carbonyl (C=O) groups is 1. The van der Waals surface area contributed by atoms with Crippen LogP contribution in [0.5, 0.6) is 11.5 Å². The summed E-state index contributed by atoms with van der Waals surface area (Å²) >= 11 is 6.12. The van der Waals surface area contributed by atoms with Crippen molar-refractivity contribution < 1.29 is 14.3 Å². The number of fused-ring (bicyclic) bond motifs is 1. The van der Waals surface area contributed by atoms with Crippen molar-refractivity contribution in [3.8, 4) is 11.5 Å². The molecule has 1 atom stereocenters. The first-order chi connectivity index (χ1) is 12.6. The Morgan fingerprint density at radius 2 is 1.92 bits per heavy atom. The van der Waals surface area contributed by atoms with Gasteiger partial charge in [-0.05, 0) is 73.6 Å². The van der Waals surface area contributed by atoms with E-state index >= 15 is 0 Å². The molecule has 3 rings (SSSR count). The normalized spacial score (nSPS) is 14.3. The van der Waals surface area contributed by atoms with Crippen LogP contribution in [0.1, 0.15) is 37.3 Å². The SMILES string of the molecule is CCC(Oc1ccc2c(c1)CCCC2)C(=O)Nc1ccc(OC)c(Cl)c1. The Balaban J connectivity index is 1.68. The monoisotopic (exact) mass is 373 g/mol. The predicted molar refractivity (Wildman–Crippen MR) is 104 cm³/mol. The maximum absolute atomic E-state index is 12.6. The Morgan fingerprint density at radius 3 is 2.62 bits per heavy atom. The summed E-state index contributed by atoms with van der Waals surface area (Å²) in [6.07, 6.45) is 4.69. The molecule has 1 N–H and O–H groups in total. The topological polar surface area (TPSA) is 47.6 Å². The van der Waals surface area contributed by atoms with Gasteiger partial charge in [0.15, 0.2) is 6.10 Å². The quantitative estimate of drug-likeness (QED) is 0.773. The summed E-state index contributed by atoms with van der Waals surface area (Å²) < 4.78 is 11.1. The van der Waals surface area contributed by atoms with Crippen LogP contribution in [0.15, 0.2) is 36.4 Å². The van der Waals surface area contributed by atoms with Crippen molar-refractivity contribution in [3.05, 3.63) is 52.5 Å². The largest absolute Gasteiger partial charge is 0.495 e. The van der Waals surface area contributed by atoms with Crippen molar-refractivity contribution in [1.29, 1.82) is 0 Å². The van der Waals surface area contributed by atoms with Gasteiger partial charge in [0.1, 0.15) is 11.5 Å². The third-order valence-corrected chi connectivity index (χ3v) is 4.98. The fourth-order valence-corrected chi connectivity index (χ4v) is 3.49. The van der Waals surface area contributed by atoms with Crippen LogP contribution >= 0.6 is 11.6 Å². The van der Waals surface area contributed by atoms with E-state index in [0.29, 0.717) is 22.9 Å². The molecule has 138 valence electrons. The second-order valence-electron chi connectivity index (χ2n) is 6.49. The average Bonchev–Trinajstić information content (AvgIpc) is 2.66. The van der Waals surface area contributed by atoms with Crippen LogP contribution in [-0.4, -0.2) is 19.1 Å². The molecule has 1 amide bonds. The van der Waals surface area contributed by atoms with Gasteiger partial charge in [-0.15, -0.1) is 0 Å². The smallest absolute Gasteiger partial charge is 0.265 e. The van der Waals surface area contributed by atoms with E-state index in [9.17, 15) is 4.79 Å². The number of halogens is 1. The van der Waals surface area contributed by atoms with E-state index in [4.69, 9.17) is 21.1 Å². The molecule has 0 radical (unpaired) electrons. The molecule has 4 nitrogen and oxygen atoms in total. The lowest BCUT2D eigenvalue weighted by atomic mass is 9.92. The van der Waals surface area contributed by atoms with Gasteiger partial charge >= 0.3 is 0 Å². The minimum Gasteiger partial charge on any atom is -0.495 e. The molecule has 5 heteroatoms. The van der Waals surface area contributed by atoms with Crippen molar-refractivity contribution in [2.75, 3.05) is 12.4 Å². The zero-order chi connectivity index (χ0) is 18.5. The van der Waals surface area contributed by atoms with Gasteiger partial charge in [0.25, 0.3) is 5.91 Å². The van der Waals surface area contributed by atoms with E-state index in [1.807, 2.05) is 13.0 Å². The maximum Gasteiger partial charge on any atom is 0.265 e. The number of ether oxygens (including phenoxy) is 2. The predicted octanol–water partition coefficient (Wildman–Crippen LogP) is 5.02. The number of benzene rings is 2. The molecule has 0 saturated carbocycles. The van der Waals surface area contributed by atoms with Gasteiger partial charge in [0, 0.05) is 5.69 Å². The molecule has 1 aliphatic rings. The Hall–Kier alpha value is -2.20. The highest BCUT2D eigenvalue weighted by atomic mass is 35.5. The molecule has 0 aliphatic heterocycles. The number of hydrogen-bond donors (Lipinski definition) is 1. The summed E-state index contributed by atoms with van der Waals surface area (Å²) in [6.45, 7) is 1.93. The molecule has 0 heterocycles. The zero-order valence-electron chi connectivity index (χ0n) is 15.2. The second kappa shape index (κ2) is 8.45. The van der Waals surface area contributed by atoms with E-state index in [1.54, 1.807) is 25.3 Å². The van der Waals surface area contributed by atoms with Gasteiger partial charge in [-0.3, -0.25) is 4.79 Å². The van der Waals surface area contributed by atoms with Crippen LogP contribution in [0, 0.1) is 0 Å². The summed E-state index contributed by atoms with van der Waals surface area (Å²) in [4.78, 5) is 12.6. The summed E-state index contributed by atoms with van der Waals surface area (Å²) in [7, 11) is 1.55. The van der Waals surface area contributed by atoms with Gasteiger partial charge in [-0.1, -0.05) is 24.6 Å². The molecule has 26 heavy (non-hydrogen) atoms. The van der Waals surface area contributed by atoms with Crippen LogP contribution in [0.4, 0.5) is 5.69 Å². The molecule has 1 unspecified atom stereocenters. The first-order valence-corrected chi connectivity index (χ1v) is 9.41. The molecule has 2 aromatic rings. The van der Waals surface area contributed by atoms with E-state index in [2.05, 4.69) is 17.4 Å². The number of anilines is 1.